The molecule has 2 bridgehead atoms. The molecule has 3 heterocycles. The highest BCUT2D eigenvalue weighted by Crippen LogP contribution is 2.34. The Kier molecular flexibility index (Phi) is 6.58. The van der Waals surface area contributed by atoms with Gasteiger partial charge in [0.15, 0.2) is 5.96 Å². The van der Waals surface area contributed by atoms with E-state index >= 15 is 0 Å². The smallest absolute Gasteiger partial charge is 0.191 e. The Bertz CT molecular complexity index is 447. The predicted octanol–water partition coefficient (Wildman–Crippen LogP) is 1.13. The molecule has 3 aliphatic rings. The molecule has 3 aliphatic heterocycles. The number of likely N-dealkylation sites (N-methyl/N-ethyl adjacent to an activating group) is 1. The van der Waals surface area contributed by atoms with E-state index in [0.29, 0.717) is 30.2 Å². The van der Waals surface area contributed by atoms with Gasteiger partial charge in [-0.2, -0.15) is 0 Å². The topological polar surface area (TPSA) is 52.1 Å². The van der Waals surface area contributed by atoms with Crippen molar-refractivity contribution in [3.63, 3.8) is 0 Å². The number of rotatable bonds is 6. The van der Waals surface area contributed by atoms with Gasteiger partial charge in [0, 0.05) is 38.8 Å². The molecule has 0 aromatic rings. The Morgan fingerprint density at radius 1 is 1.20 bits per heavy atom. The molecule has 0 radical (unpaired) electrons. The van der Waals surface area contributed by atoms with Gasteiger partial charge in [-0.15, -0.1) is 0 Å². The number of aliphatic imine (C=N–C) groups is 1. The third kappa shape index (κ3) is 4.86. The van der Waals surface area contributed by atoms with Gasteiger partial charge in [0.25, 0.3) is 0 Å². The summed E-state index contributed by atoms with van der Waals surface area (Å²) >= 11 is 0. The fourth-order valence-electron chi connectivity index (χ4n) is 4.37. The van der Waals surface area contributed by atoms with Crippen molar-refractivity contribution in [1.29, 1.82) is 0 Å². The first-order chi connectivity index (χ1) is 12.1. The van der Waals surface area contributed by atoms with E-state index in [2.05, 4.69) is 48.3 Å². The molecule has 25 heavy (non-hydrogen) atoms. The molecular formula is C19H37N5O. The third-order valence-electron chi connectivity index (χ3n) is 5.99. The van der Waals surface area contributed by atoms with E-state index in [9.17, 15) is 0 Å². The molecule has 4 atom stereocenters. The van der Waals surface area contributed by atoms with Crippen LogP contribution in [-0.2, 0) is 4.74 Å². The Balaban J connectivity index is 1.58. The van der Waals surface area contributed by atoms with Crippen LogP contribution in [0.15, 0.2) is 4.99 Å². The Morgan fingerprint density at radius 3 is 2.52 bits per heavy atom. The lowest BCUT2D eigenvalue weighted by atomic mass is 9.96. The van der Waals surface area contributed by atoms with Crippen LogP contribution in [0.4, 0.5) is 0 Å². The zero-order valence-electron chi connectivity index (χ0n) is 16.5. The van der Waals surface area contributed by atoms with E-state index in [0.717, 1.165) is 51.6 Å². The maximum Gasteiger partial charge on any atom is 0.191 e. The molecule has 0 aromatic heterocycles. The summed E-state index contributed by atoms with van der Waals surface area (Å²) < 4.78 is 5.97. The van der Waals surface area contributed by atoms with E-state index in [1.165, 1.54) is 12.8 Å². The Labute approximate surface area is 153 Å². The lowest BCUT2D eigenvalue weighted by molar-refractivity contribution is 0.0924. The minimum absolute atomic E-state index is 0.382. The van der Waals surface area contributed by atoms with Crippen molar-refractivity contribution in [2.24, 2.45) is 10.9 Å². The second-order valence-corrected chi connectivity index (χ2v) is 8.23. The van der Waals surface area contributed by atoms with Crippen LogP contribution in [0.3, 0.4) is 0 Å². The van der Waals surface area contributed by atoms with Crippen LogP contribution in [0.5, 0.6) is 0 Å². The molecule has 6 nitrogen and oxygen atoms in total. The fourth-order valence-corrected chi connectivity index (χ4v) is 4.37. The van der Waals surface area contributed by atoms with Crippen molar-refractivity contribution in [2.75, 3.05) is 46.3 Å². The van der Waals surface area contributed by atoms with Gasteiger partial charge in [-0.05, 0) is 39.2 Å². The fraction of sp³-hybridized carbons (Fsp3) is 0.947. The minimum Gasteiger partial charge on any atom is -0.373 e. The third-order valence-corrected chi connectivity index (χ3v) is 5.99. The summed E-state index contributed by atoms with van der Waals surface area (Å²) in [5.74, 6) is 1.57. The first-order valence-corrected chi connectivity index (χ1v) is 10.2. The number of nitrogens with zero attached hydrogens (tertiary/aromatic N) is 3. The van der Waals surface area contributed by atoms with E-state index in [1.54, 1.807) is 0 Å². The average molecular weight is 352 g/mol. The molecular weight excluding hydrogens is 314 g/mol. The van der Waals surface area contributed by atoms with Crippen LogP contribution in [0.25, 0.3) is 0 Å². The zero-order valence-corrected chi connectivity index (χ0v) is 16.5. The van der Waals surface area contributed by atoms with Crippen LogP contribution < -0.4 is 10.6 Å². The molecule has 4 unspecified atom stereocenters. The molecule has 3 rings (SSSR count). The van der Waals surface area contributed by atoms with Gasteiger partial charge in [0.1, 0.15) is 0 Å². The SMILES string of the molecule is CCNC(=NCC(C(C)C)N1CCN(C)CC1)NC1CC2CCC1O2. The summed E-state index contributed by atoms with van der Waals surface area (Å²) in [6.45, 7) is 13.2. The van der Waals surface area contributed by atoms with Crippen molar-refractivity contribution < 1.29 is 4.74 Å². The maximum absolute atomic E-state index is 5.97. The first kappa shape index (κ1) is 18.9. The summed E-state index contributed by atoms with van der Waals surface area (Å²) in [5, 5.41) is 7.07. The number of nitrogens with one attached hydrogen (secondary N) is 2. The van der Waals surface area contributed by atoms with Gasteiger partial charge < -0.3 is 20.3 Å². The molecule has 0 amide bonds. The number of hydrogen-bond acceptors (Lipinski definition) is 4. The van der Waals surface area contributed by atoms with Crippen LogP contribution in [-0.4, -0.2) is 86.4 Å². The normalized spacial score (nSPS) is 32.4. The minimum atomic E-state index is 0.382. The van der Waals surface area contributed by atoms with Gasteiger partial charge in [-0.3, -0.25) is 9.89 Å². The highest BCUT2D eigenvalue weighted by molar-refractivity contribution is 5.80. The van der Waals surface area contributed by atoms with Crippen molar-refractivity contribution in [2.45, 2.75) is 64.3 Å². The molecule has 0 spiro atoms. The predicted molar refractivity (Wildman–Crippen MR) is 103 cm³/mol. The first-order valence-electron chi connectivity index (χ1n) is 10.2. The summed E-state index contributed by atoms with van der Waals surface area (Å²) in [6, 6.07) is 0.943. The molecule has 3 saturated heterocycles. The van der Waals surface area contributed by atoms with Crippen LogP contribution in [0.2, 0.25) is 0 Å². The van der Waals surface area contributed by atoms with Crippen molar-refractivity contribution in [3.8, 4) is 0 Å². The highest BCUT2D eigenvalue weighted by Gasteiger charge is 2.41. The van der Waals surface area contributed by atoms with Gasteiger partial charge in [0.05, 0.1) is 24.8 Å². The van der Waals surface area contributed by atoms with Crippen LogP contribution in [0, 0.1) is 5.92 Å². The maximum atomic E-state index is 5.97. The van der Waals surface area contributed by atoms with Gasteiger partial charge >= 0.3 is 0 Å². The highest BCUT2D eigenvalue weighted by atomic mass is 16.5. The van der Waals surface area contributed by atoms with Crippen molar-refractivity contribution in [1.82, 2.24) is 20.4 Å². The zero-order chi connectivity index (χ0) is 17.8. The summed E-state index contributed by atoms with van der Waals surface area (Å²) in [4.78, 5) is 10.00. The van der Waals surface area contributed by atoms with E-state index in [4.69, 9.17) is 9.73 Å². The molecule has 0 saturated carbocycles. The van der Waals surface area contributed by atoms with E-state index < -0.39 is 0 Å². The monoisotopic (exact) mass is 351 g/mol. The lowest BCUT2D eigenvalue weighted by Crippen LogP contribution is -2.52. The summed E-state index contributed by atoms with van der Waals surface area (Å²) in [6.07, 6.45) is 4.40. The van der Waals surface area contributed by atoms with Gasteiger partial charge in [-0.25, -0.2) is 0 Å². The standard InChI is InChI=1S/C19H37N5O/c1-5-20-19(22-16-12-15-6-7-18(16)25-15)21-13-17(14(2)3)24-10-8-23(4)9-11-24/h14-18H,5-13H2,1-4H3,(H2,20,21,22). The summed E-state index contributed by atoms with van der Waals surface area (Å²) in [5.41, 5.74) is 0. The second-order valence-electron chi connectivity index (χ2n) is 8.23. The summed E-state index contributed by atoms with van der Waals surface area (Å²) in [7, 11) is 2.21. The van der Waals surface area contributed by atoms with Crippen LogP contribution in [0.1, 0.15) is 40.0 Å². The van der Waals surface area contributed by atoms with Crippen LogP contribution >= 0.6 is 0 Å². The number of ether oxygens (including phenoxy) is 1. The largest absolute Gasteiger partial charge is 0.373 e. The molecule has 3 fully saturated rings. The van der Waals surface area contributed by atoms with E-state index in [-0.39, 0.29) is 0 Å². The quantitative estimate of drug-likeness (QED) is 0.555. The molecule has 0 aromatic carbocycles. The molecule has 2 N–H and O–H groups in total. The Hall–Kier alpha value is -0.850. The van der Waals surface area contributed by atoms with Crippen molar-refractivity contribution in [3.05, 3.63) is 0 Å². The van der Waals surface area contributed by atoms with E-state index in [1.807, 2.05) is 0 Å². The number of fused-ring (bicyclic) bond motifs is 2. The molecule has 0 aliphatic carbocycles. The van der Waals surface area contributed by atoms with Crippen molar-refractivity contribution >= 4 is 5.96 Å². The second kappa shape index (κ2) is 8.69. The van der Waals surface area contributed by atoms with Gasteiger partial charge in [0.2, 0.25) is 0 Å². The average Bonchev–Trinajstić information content (AvgIpc) is 3.19. The number of piperazine rings is 1. The molecule has 144 valence electrons. The van der Waals surface area contributed by atoms with Gasteiger partial charge in [-0.1, -0.05) is 13.8 Å². The lowest BCUT2D eigenvalue weighted by Gasteiger charge is -2.39. The molecule has 6 heteroatoms. The number of hydrogen-bond donors (Lipinski definition) is 2. The number of guanidine groups is 1. The Morgan fingerprint density at radius 2 is 1.96 bits per heavy atom.